The zero-order valence-corrected chi connectivity index (χ0v) is 7.83. The topological polar surface area (TPSA) is 58.5 Å². The summed E-state index contributed by atoms with van der Waals surface area (Å²) in [6.45, 7) is 2.16. The quantitative estimate of drug-likeness (QED) is 0.700. The molecule has 1 aromatic heterocycles. The van der Waals surface area contributed by atoms with E-state index in [1.54, 1.807) is 6.20 Å². The first-order chi connectivity index (χ1) is 6.90. The Morgan fingerprint density at radius 3 is 3.29 bits per heavy atom. The molecule has 0 saturated carbocycles. The van der Waals surface area contributed by atoms with Crippen molar-refractivity contribution in [2.75, 3.05) is 31.2 Å². The van der Waals surface area contributed by atoms with Crippen LogP contribution in [0.25, 0.3) is 0 Å². The first kappa shape index (κ1) is 9.36. The Bertz CT molecular complexity index is 281. The molecule has 76 valence electrons. The molecular formula is C9H13N3O2. The van der Waals surface area contributed by atoms with Crippen LogP contribution in [0.1, 0.15) is 0 Å². The van der Waals surface area contributed by atoms with Crippen molar-refractivity contribution in [2.24, 2.45) is 0 Å². The third kappa shape index (κ3) is 2.00. The molecule has 0 spiro atoms. The lowest BCUT2D eigenvalue weighted by Crippen LogP contribution is -2.44. The molecule has 1 N–H and O–H groups in total. The van der Waals surface area contributed by atoms with E-state index < -0.39 is 0 Å². The van der Waals surface area contributed by atoms with Crippen LogP contribution in [0.4, 0.5) is 5.82 Å². The summed E-state index contributed by atoms with van der Waals surface area (Å²) in [7, 11) is 0. The summed E-state index contributed by atoms with van der Waals surface area (Å²) in [4.78, 5) is 2.07. The standard InChI is InChI=1S/C9H13N3O2/c13-7-8-6-12(4-5-14-8)9-2-1-3-10-11-9/h1-3,8,13H,4-7H2. The van der Waals surface area contributed by atoms with Crippen LogP contribution >= 0.6 is 0 Å². The first-order valence-electron chi connectivity index (χ1n) is 4.65. The van der Waals surface area contributed by atoms with Gasteiger partial charge in [-0.15, -0.1) is 5.10 Å². The lowest BCUT2D eigenvalue weighted by molar-refractivity contribution is 0.00332. The summed E-state index contributed by atoms with van der Waals surface area (Å²) in [5.41, 5.74) is 0. The number of hydrogen-bond donors (Lipinski definition) is 1. The van der Waals surface area contributed by atoms with Gasteiger partial charge in [0.2, 0.25) is 0 Å². The number of aliphatic hydroxyl groups excluding tert-OH is 1. The van der Waals surface area contributed by atoms with Gasteiger partial charge in [-0.05, 0) is 12.1 Å². The molecule has 1 aliphatic rings. The summed E-state index contributed by atoms with van der Waals surface area (Å²) in [5, 5.41) is 16.8. The van der Waals surface area contributed by atoms with E-state index in [9.17, 15) is 0 Å². The second-order valence-electron chi connectivity index (χ2n) is 3.20. The SMILES string of the molecule is OCC1CN(c2cccnn2)CCO1. The number of nitrogens with zero attached hydrogens (tertiary/aromatic N) is 3. The van der Waals surface area contributed by atoms with E-state index in [-0.39, 0.29) is 12.7 Å². The van der Waals surface area contributed by atoms with Crippen LogP contribution in [0, 0.1) is 0 Å². The van der Waals surface area contributed by atoms with Gasteiger partial charge in [0.15, 0.2) is 5.82 Å². The highest BCUT2D eigenvalue weighted by atomic mass is 16.5. The number of morpholine rings is 1. The van der Waals surface area contributed by atoms with Gasteiger partial charge >= 0.3 is 0 Å². The molecule has 0 amide bonds. The highest BCUT2D eigenvalue weighted by molar-refractivity contribution is 5.36. The Morgan fingerprint density at radius 2 is 2.57 bits per heavy atom. The molecular weight excluding hydrogens is 182 g/mol. The number of aromatic nitrogens is 2. The lowest BCUT2D eigenvalue weighted by atomic mass is 10.3. The largest absolute Gasteiger partial charge is 0.394 e. The van der Waals surface area contributed by atoms with Crippen molar-refractivity contribution < 1.29 is 9.84 Å². The van der Waals surface area contributed by atoms with Gasteiger partial charge in [-0.2, -0.15) is 5.10 Å². The number of ether oxygens (including phenoxy) is 1. The fourth-order valence-electron chi connectivity index (χ4n) is 1.50. The third-order valence-corrected chi connectivity index (χ3v) is 2.22. The second-order valence-corrected chi connectivity index (χ2v) is 3.20. The van der Waals surface area contributed by atoms with Crippen molar-refractivity contribution in [2.45, 2.75) is 6.10 Å². The molecule has 5 heteroatoms. The van der Waals surface area contributed by atoms with Gasteiger partial charge in [-0.1, -0.05) is 0 Å². The molecule has 0 radical (unpaired) electrons. The smallest absolute Gasteiger partial charge is 0.151 e. The average Bonchev–Trinajstić information content (AvgIpc) is 2.30. The Morgan fingerprint density at radius 1 is 1.64 bits per heavy atom. The fourth-order valence-corrected chi connectivity index (χ4v) is 1.50. The number of rotatable bonds is 2. The van der Waals surface area contributed by atoms with Crippen LogP contribution in [-0.2, 0) is 4.74 Å². The first-order valence-corrected chi connectivity index (χ1v) is 4.65. The maximum atomic E-state index is 8.97. The second kappa shape index (κ2) is 4.34. The van der Waals surface area contributed by atoms with Crippen LogP contribution < -0.4 is 4.90 Å². The molecule has 2 rings (SSSR count). The van der Waals surface area contributed by atoms with E-state index in [4.69, 9.17) is 9.84 Å². The Kier molecular flexibility index (Phi) is 2.90. The minimum atomic E-state index is -0.106. The predicted molar refractivity (Wildman–Crippen MR) is 51.1 cm³/mol. The highest BCUT2D eigenvalue weighted by Gasteiger charge is 2.20. The van der Waals surface area contributed by atoms with Crippen molar-refractivity contribution in [1.29, 1.82) is 0 Å². The average molecular weight is 195 g/mol. The van der Waals surface area contributed by atoms with Crippen LogP contribution in [-0.4, -0.2) is 47.7 Å². The monoisotopic (exact) mass is 195 g/mol. The van der Waals surface area contributed by atoms with E-state index in [0.29, 0.717) is 13.2 Å². The number of hydrogen-bond acceptors (Lipinski definition) is 5. The predicted octanol–water partition coefficient (Wildman–Crippen LogP) is -0.326. The molecule has 0 aromatic carbocycles. The molecule has 1 saturated heterocycles. The van der Waals surface area contributed by atoms with E-state index in [1.807, 2.05) is 12.1 Å². The van der Waals surface area contributed by atoms with Crippen molar-refractivity contribution in [3.05, 3.63) is 18.3 Å². The third-order valence-electron chi connectivity index (χ3n) is 2.22. The molecule has 5 nitrogen and oxygen atoms in total. The molecule has 1 aromatic rings. The zero-order chi connectivity index (χ0) is 9.80. The summed E-state index contributed by atoms with van der Waals surface area (Å²) in [6.07, 6.45) is 1.54. The van der Waals surface area contributed by atoms with Crippen molar-refractivity contribution in [3.8, 4) is 0 Å². The summed E-state index contributed by atoms with van der Waals surface area (Å²) >= 11 is 0. The Labute approximate surface area is 82.3 Å². The molecule has 0 bridgehead atoms. The van der Waals surface area contributed by atoms with Gasteiger partial charge < -0.3 is 14.7 Å². The lowest BCUT2D eigenvalue weighted by Gasteiger charge is -2.32. The maximum absolute atomic E-state index is 8.97. The fraction of sp³-hybridized carbons (Fsp3) is 0.556. The van der Waals surface area contributed by atoms with Gasteiger partial charge in [0.1, 0.15) is 0 Å². The van der Waals surface area contributed by atoms with E-state index in [2.05, 4.69) is 15.1 Å². The maximum Gasteiger partial charge on any atom is 0.151 e. The van der Waals surface area contributed by atoms with Gasteiger partial charge in [0, 0.05) is 19.3 Å². The van der Waals surface area contributed by atoms with Gasteiger partial charge in [0.05, 0.1) is 19.3 Å². The highest BCUT2D eigenvalue weighted by Crippen LogP contribution is 2.12. The van der Waals surface area contributed by atoms with Crippen molar-refractivity contribution in [1.82, 2.24) is 10.2 Å². The number of aliphatic hydroxyl groups is 1. The van der Waals surface area contributed by atoms with Crippen LogP contribution in [0.2, 0.25) is 0 Å². The van der Waals surface area contributed by atoms with E-state index in [0.717, 1.165) is 12.4 Å². The van der Waals surface area contributed by atoms with E-state index >= 15 is 0 Å². The zero-order valence-electron chi connectivity index (χ0n) is 7.83. The van der Waals surface area contributed by atoms with Crippen molar-refractivity contribution >= 4 is 5.82 Å². The number of anilines is 1. The minimum absolute atomic E-state index is 0.0523. The Hall–Kier alpha value is -1.20. The van der Waals surface area contributed by atoms with Gasteiger partial charge in [-0.3, -0.25) is 0 Å². The normalized spacial score (nSPS) is 22.4. The van der Waals surface area contributed by atoms with Crippen molar-refractivity contribution in [3.63, 3.8) is 0 Å². The van der Waals surface area contributed by atoms with Gasteiger partial charge in [0.25, 0.3) is 0 Å². The van der Waals surface area contributed by atoms with Crippen LogP contribution in [0.3, 0.4) is 0 Å². The van der Waals surface area contributed by atoms with Crippen LogP contribution in [0.15, 0.2) is 18.3 Å². The molecule has 2 heterocycles. The minimum Gasteiger partial charge on any atom is -0.394 e. The molecule has 1 unspecified atom stereocenters. The molecule has 1 fully saturated rings. The molecule has 0 aliphatic carbocycles. The Balaban J connectivity index is 2.04. The van der Waals surface area contributed by atoms with Gasteiger partial charge in [-0.25, -0.2) is 0 Å². The van der Waals surface area contributed by atoms with Crippen LogP contribution in [0.5, 0.6) is 0 Å². The van der Waals surface area contributed by atoms with E-state index in [1.165, 1.54) is 0 Å². The molecule has 1 atom stereocenters. The molecule has 1 aliphatic heterocycles. The molecule has 14 heavy (non-hydrogen) atoms. The summed E-state index contributed by atoms with van der Waals surface area (Å²) in [6, 6.07) is 3.76. The summed E-state index contributed by atoms with van der Waals surface area (Å²) < 4.78 is 5.34. The summed E-state index contributed by atoms with van der Waals surface area (Å²) in [5.74, 6) is 0.842.